The average molecular weight is 418 g/mol. The summed E-state index contributed by atoms with van der Waals surface area (Å²) in [6, 6.07) is 4.87. The number of alkyl halides is 3. The van der Waals surface area contributed by atoms with Crippen LogP contribution in [0.4, 0.5) is 17.6 Å². The highest BCUT2D eigenvalue weighted by Crippen LogP contribution is 2.21. The molecule has 1 fully saturated rings. The number of halogens is 4. The first-order valence-electron chi connectivity index (χ1n) is 9.76. The van der Waals surface area contributed by atoms with E-state index in [1.165, 1.54) is 18.1 Å². The van der Waals surface area contributed by atoms with Crippen molar-refractivity contribution in [3.8, 4) is 0 Å². The molecule has 0 aromatic heterocycles. The Bertz CT molecular complexity index is 681. The Kier molecular flexibility index (Phi) is 8.70. The molecule has 0 aliphatic carbocycles. The first-order valence-corrected chi connectivity index (χ1v) is 9.76. The maximum Gasteiger partial charge on any atom is 0.401 e. The van der Waals surface area contributed by atoms with E-state index in [1.54, 1.807) is 26.1 Å². The van der Waals surface area contributed by atoms with Crippen LogP contribution in [-0.2, 0) is 17.9 Å². The molecule has 1 N–H and O–H groups in total. The van der Waals surface area contributed by atoms with E-state index in [4.69, 9.17) is 4.74 Å². The van der Waals surface area contributed by atoms with E-state index in [-0.39, 0.29) is 18.3 Å². The molecule has 0 spiro atoms. The highest BCUT2D eigenvalue weighted by Gasteiger charge is 2.33. The van der Waals surface area contributed by atoms with E-state index in [2.05, 4.69) is 15.2 Å². The fraction of sp³-hybridized carbons (Fsp3) is 0.650. The maximum atomic E-state index is 13.7. The first kappa shape index (κ1) is 23.4. The van der Waals surface area contributed by atoms with E-state index in [1.807, 2.05) is 0 Å². The number of rotatable bonds is 8. The lowest BCUT2D eigenvalue weighted by atomic mass is 10.1. The Labute approximate surface area is 169 Å². The quantitative estimate of drug-likeness (QED) is 0.400. The molecule has 0 bridgehead atoms. The number of ether oxygens (including phenoxy) is 1. The molecular weight excluding hydrogens is 388 g/mol. The fourth-order valence-corrected chi connectivity index (χ4v) is 3.62. The van der Waals surface area contributed by atoms with Crippen molar-refractivity contribution >= 4 is 5.96 Å². The summed E-state index contributed by atoms with van der Waals surface area (Å²) in [6.45, 7) is 3.74. The van der Waals surface area contributed by atoms with Gasteiger partial charge >= 0.3 is 6.18 Å². The molecule has 1 aromatic carbocycles. The minimum Gasteiger partial charge on any atom is -0.380 e. The standard InChI is InChI=1S/C20H30F4N4O/c1-4-27(14-20(22,23)24)11-16-7-8-28(12-16)19(25-2)26-10-15-5-6-18(21)17(9-15)13-29-3/h5-6,9,16H,4,7-8,10-14H2,1-3H3,(H,25,26). The van der Waals surface area contributed by atoms with Crippen molar-refractivity contribution < 1.29 is 22.3 Å². The van der Waals surface area contributed by atoms with E-state index < -0.39 is 12.7 Å². The van der Waals surface area contributed by atoms with Crippen molar-refractivity contribution in [2.45, 2.75) is 32.7 Å². The lowest BCUT2D eigenvalue weighted by Crippen LogP contribution is -2.41. The second kappa shape index (κ2) is 10.8. The fourth-order valence-electron chi connectivity index (χ4n) is 3.62. The van der Waals surface area contributed by atoms with Gasteiger partial charge in [-0.1, -0.05) is 13.0 Å². The van der Waals surface area contributed by atoms with Gasteiger partial charge in [-0.2, -0.15) is 13.2 Å². The second-order valence-electron chi connectivity index (χ2n) is 7.30. The number of aliphatic imine (C=N–C) groups is 1. The summed E-state index contributed by atoms with van der Waals surface area (Å²) in [5, 5.41) is 3.26. The third-order valence-electron chi connectivity index (χ3n) is 5.02. The summed E-state index contributed by atoms with van der Waals surface area (Å²) in [5.41, 5.74) is 1.39. The Morgan fingerprint density at radius 3 is 2.76 bits per heavy atom. The molecule has 0 saturated carbocycles. The summed E-state index contributed by atoms with van der Waals surface area (Å²) < 4.78 is 56.8. The predicted octanol–water partition coefficient (Wildman–Crippen LogP) is 3.25. The van der Waals surface area contributed by atoms with Gasteiger partial charge in [-0.05, 0) is 36.6 Å². The lowest BCUT2D eigenvalue weighted by molar-refractivity contribution is -0.146. The summed E-state index contributed by atoms with van der Waals surface area (Å²) in [6.07, 6.45) is -3.35. The van der Waals surface area contributed by atoms with E-state index in [0.717, 1.165) is 18.5 Å². The minimum absolute atomic E-state index is 0.162. The number of benzene rings is 1. The summed E-state index contributed by atoms with van der Waals surface area (Å²) >= 11 is 0. The van der Waals surface area contributed by atoms with Crippen LogP contribution in [0.2, 0.25) is 0 Å². The van der Waals surface area contributed by atoms with Gasteiger partial charge in [0.1, 0.15) is 5.82 Å². The Balaban J connectivity index is 1.89. The van der Waals surface area contributed by atoms with E-state index in [9.17, 15) is 17.6 Å². The molecule has 5 nitrogen and oxygen atoms in total. The van der Waals surface area contributed by atoms with Crippen molar-refractivity contribution in [1.82, 2.24) is 15.1 Å². The Morgan fingerprint density at radius 2 is 2.14 bits per heavy atom. The van der Waals surface area contributed by atoms with Gasteiger partial charge in [0.2, 0.25) is 0 Å². The van der Waals surface area contributed by atoms with Crippen molar-refractivity contribution in [2.75, 3.05) is 46.9 Å². The maximum absolute atomic E-state index is 13.7. The third-order valence-corrected chi connectivity index (χ3v) is 5.02. The molecule has 1 atom stereocenters. The Hall–Kier alpha value is -1.87. The Morgan fingerprint density at radius 1 is 1.38 bits per heavy atom. The smallest absolute Gasteiger partial charge is 0.380 e. The molecule has 1 saturated heterocycles. The topological polar surface area (TPSA) is 40.1 Å². The van der Waals surface area contributed by atoms with Gasteiger partial charge < -0.3 is 15.0 Å². The lowest BCUT2D eigenvalue weighted by Gasteiger charge is -2.26. The minimum atomic E-state index is -4.18. The van der Waals surface area contributed by atoms with Crippen LogP contribution in [0.3, 0.4) is 0 Å². The number of hydrogen-bond acceptors (Lipinski definition) is 3. The molecule has 0 radical (unpaired) electrons. The zero-order valence-corrected chi connectivity index (χ0v) is 17.2. The van der Waals surface area contributed by atoms with Crippen molar-refractivity contribution in [1.29, 1.82) is 0 Å². The van der Waals surface area contributed by atoms with Crippen LogP contribution in [0.5, 0.6) is 0 Å². The summed E-state index contributed by atoms with van der Waals surface area (Å²) in [5.74, 6) is 0.556. The van der Waals surface area contributed by atoms with Crippen molar-refractivity contribution in [3.05, 3.63) is 35.1 Å². The average Bonchev–Trinajstić information content (AvgIpc) is 3.11. The number of nitrogens with one attached hydrogen (secondary N) is 1. The number of likely N-dealkylation sites (tertiary alicyclic amines) is 1. The monoisotopic (exact) mass is 418 g/mol. The van der Waals surface area contributed by atoms with Gasteiger partial charge in [0, 0.05) is 45.9 Å². The van der Waals surface area contributed by atoms with Crippen LogP contribution in [0.15, 0.2) is 23.2 Å². The van der Waals surface area contributed by atoms with E-state index >= 15 is 0 Å². The molecule has 2 rings (SSSR count). The summed E-state index contributed by atoms with van der Waals surface area (Å²) in [7, 11) is 3.20. The van der Waals surface area contributed by atoms with Gasteiger partial charge in [0.15, 0.2) is 5.96 Å². The van der Waals surface area contributed by atoms with Crippen LogP contribution in [0.25, 0.3) is 0 Å². The number of methoxy groups -OCH3 is 1. The summed E-state index contributed by atoms with van der Waals surface area (Å²) in [4.78, 5) is 7.80. The molecule has 0 amide bonds. The molecule has 1 aliphatic rings. The number of guanidine groups is 1. The molecule has 1 aliphatic heterocycles. The van der Waals surface area contributed by atoms with Gasteiger partial charge in [-0.3, -0.25) is 9.89 Å². The third kappa shape index (κ3) is 7.47. The van der Waals surface area contributed by atoms with Crippen LogP contribution < -0.4 is 5.32 Å². The van der Waals surface area contributed by atoms with Gasteiger partial charge in [0.05, 0.1) is 13.2 Å². The van der Waals surface area contributed by atoms with E-state index in [0.29, 0.717) is 37.7 Å². The van der Waals surface area contributed by atoms with Crippen LogP contribution >= 0.6 is 0 Å². The SMILES string of the molecule is CCN(CC1CCN(C(=NC)NCc2ccc(F)c(COC)c2)C1)CC(F)(F)F. The predicted molar refractivity (Wildman–Crippen MR) is 105 cm³/mol. The molecule has 29 heavy (non-hydrogen) atoms. The molecule has 1 heterocycles. The molecular formula is C20H30F4N4O. The van der Waals surface area contributed by atoms with Crippen LogP contribution in [0, 0.1) is 11.7 Å². The molecule has 9 heteroatoms. The second-order valence-corrected chi connectivity index (χ2v) is 7.30. The van der Waals surface area contributed by atoms with Crippen LogP contribution in [-0.4, -0.2) is 68.8 Å². The molecule has 1 unspecified atom stereocenters. The zero-order chi connectivity index (χ0) is 21.4. The molecule has 1 aromatic rings. The van der Waals surface area contributed by atoms with Crippen molar-refractivity contribution in [2.24, 2.45) is 10.9 Å². The largest absolute Gasteiger partial charge is 0.401 e. The first-order chi connectivity index (χ1) is 13.8. The normalized spacial score (nSPS) is 18.0. The number of hydrogen-bond donors (Lipinski definition) is 1. The van der Waals surface area contributed by atoms with Crippen LogP contribution in [0.1, 0.15) is 24.5 Å². The zero-order valence-electron chi connectivity index (χ0n) is 17.2. The molecule has 164 valence electrons. The highest BCUT2D eigenvalue weighted by molar-refractivity contribution is 5.80. The highest BCUT2D eigenvalue weighted by atomic mass is 19.4. The van der Waals surface area contributed by atoms with Gasteiger partial charge in [-0.25, -0.2) is 4.39 Å². The van der Waals surface area contributed by atoms with Gasteiger partial charge in [-0.15, -0.1) is 0 Å². The van der Waals surface area contributed by atoms with Crippen molar-refractivity contribution in [3.63, 3.8) is 0 Å². The number of nitrogens with zero attached hydrogens (tertiary/aromatic N) is 3. The van der Waals surface area contributed by atoms with Gasteiger partial charge in [0.25, 0.3) is 0 Å².